The van der Waals surface area contributed by atoms with Gasteiger partial charge in [-0.1, -0.05) is 6.07 Å². The molecule has 0 bridgehead atoms. The molecule has 2 rings (SSSR count). The highest BCUT2D eigenvalue weighted by atomic mass is 16.4. The predicted octanol–water partition coefficient (Wildman–Crippen LogP) is 2.37. The minimum absolute atomic E-state index is 0.116. The van der Waals surface area contributed by atoms with Gasteiger partial charge in [-0.3, -0.25) is 9.78 Å². The molecule has 0 unspecified atom stereocenters. The molecular formula is C15H22N2O2. The third-order valence-electron chi connectivity index (χ3n) is 3.91. The number of rotatable bonds is 5. The molecule has 0 atom stereocenters. The molecular weight excluding hydrogens is 240 g/mol. The van der Waals surface area contributed by atoms with Crippen LogP contribution in [0.2, 0.25) is 0 Å². The first-order chi connectivity index (χ1) is 9.15. The van der Waals surface area contributed by atoms with E-state index in [9.17, 15) is 4.79 Å². The van der Waals surface area contributed by atoms with Gasteiger partial charge in [0.25, 0.3) is 0 Å². The predicted molar refractivity (Wildman–Crippen MR) is 73.8 cm³/mol. The number of pyridine rings is 1. The van der Waals surface area contributed by atoms with Crippen LogP contribution in [0.3, 0.4) is 0 Å². The van der Waals surface area contributed by atoms with Crippen LogP contribution in [-0.4, -0.2) is 22.6 Å². The molecule has 1 aromatic rings. The SMILES string of the molecule is Cc1ccc(CNCC2CCC(C(=O)O)CC2)nc1. The second-order valence-corrected chi connectivity index (χ2v) is 5.51. The van der Waals surface area contributed by atoms with Gasteiger partial charge in [-0.2, -0.15) is 0 Å². The normalized spacial score (nSPS) is 23.2. The number of carboxylic acid groups (broad SMARTS) is 1. The number of aryl methyl sites for hydroxylation is 1. The highest BCUT2D eigenvalue weighted by Gasteiger charge is 2.25. The van der Waals surface area contributed by atoms with Crippen LogP contribution in [0, 0.1) is 18.8 Å². The first-order valence-corrected chi connectivity index (χ1v) is 7.00. The highest BCUT2D eigenvalue weighted by molar-refractivity contribution is 5.69. The lowest BCUT2D eigenvalue weighted by Crippen LogP contribution is -2.28. The van der Waals surface area contributed by atoms with E-state index in [1.165, 1.54) is 5.56 Å². The lowest BCUT2D eigenvalue weighted by Gasteiger charge is -2.26. The van der Waals surface area contributed by atoms with Crippen molar-refractivity contribution in [2.45, 2.75) is 39.2 Å². The number of aliphatic carboxylic acids is 1. The summed E-state index contributed by atoms with van der Waals surface area (Å²) in [5.74, 6) is -0.133. The second-order valence-electron chi connectivity index (χ2n) is 5.51. The van der Waals surface area contributed by atoms with Gasteiger partial charge in [-0.05, 0) is 56.7 Å². The molecule has 1 aliphatic carbocycles. The molecule has 104 valence electrons. The zero-order valence-corrected chi connectivity index (χ0v) is 11.4. The molecule has 1 saturated carbocycles. The van der Waals surface area contributed by atoms with E-state index < -0.39 is 5.97 Å². The van der Waals surface area contributed by atoms with Crippen LogP contribution in [0.15, 0.2) is 18.3 Å². The van der Waals surface area contributed by atoms with Crippen molar-refractivity contribution in [2.24, 2.45) is 11.8 Å². The van der Waals surface area contributed by atoms with E-state index in [0.717, 1.165) is 44.5 Å². The van der Waals surface area contributed by atoms with Crippen molar-refractivity contribution in [3.8, 4) is 0 Å². The van der Waals surface area contributed by atoms with Crippen molar-refractivity contribution in [2.75, 3.05) is 6.54 Å². The van der Waals surface area contributed by atoms with Crippen LogP contribution >= 0.6 is 0 Å². The third-order valence-corrected chi connectivity index (χ3v) is 3.91. The van der Waals surface area contributed by atoms with E-state index in [1.54, 1.807) is 0 Å². The second kappa shape index (κ2) is 6.66. The van der Waals surface area contributed by atoms with E-state index in [-0.39, 0.29) is 5.92 Å². The van der Waals surface area contributed by atoms with Gasteiger partial charge in [0.15, 0.2) is 0 Å². The number of carbonyl (C=O) groups is 1. The first kappa shape index (κ1) is 14.0. The average molecular weight is 262 g/mol. The van der Waals surface area contributed by atoms with Crippen molar-refractivity contribution in [1.82, 2.24) is 10.3 Å². The van der Waals surface area contributed by atoms with Crippen LogP contribution < -0.4 is 5.32 Å². The van der Waals surface area contributed by atoms with E-state index in [2.05, 4.69) is 16.4 Å². The summed E-state index contributed by atoms with van der Waals surface area (Å²) < 4.78 is 0. The maximum atomic E-state index is 10.9. The summed E-state index contributed by atoms with van der Waals surface area (Å²) in [6, 6.07) is 4.12. The Balaban J connectivity index is 1.67. The summed E-state index contributed by atoms with van der Waals surface area (Å²) >= 11 is 0. The third kappa shape index (κ3) is 4.31. The summed E-state index contributed by atoms with van der Waals surface area (Å²) in [7, 11) is 0. The zero-order valence-electron chi connectivity index (χ0n) is 11.4. The molecule has 1 aliphatic rings. The fourth-order valence-electron chi connectivity index (χ4n) is 2.62. The summed E-state index contributed by atoms with van der Waals surface area (Å²) in [6.45, 7) is 3.78. The number of carboxylic acids is 1. The van der Waals surface area contributed by atoms with Crippen molar-refractivity contribution < 1.29 is 9.90 Å². The van der Waals surface area contributed by atoms with Crippen LogP contribution in [0.5, 0.6) is 0 Å². The molecule has 0 amide bonds. The number of nitrogens with one attached hydrogen (secondary N) is 1. The number of hydrogen-bond donors (Lipinski definition) is 2. The molecule has 2 N–H and O–H groups in total. The molecule has 4 heteroatoms. The number of aromatic nitrogens is 1. The Labute approximate surface area is 114 Å². The van der Waals surface area contributed by atoms with Crippen molar-refractivity contribution >= 4 is 5.97 Å². The Bertz CT molecular complexity index is 409. The average Bonchev–Trinajstić information content (AvgIpc) is 2.41. The van der Waals surface area contributed by atoms with E-state index in [0.29, 0.717) is 5.92 Å². The standard InChI is InChI=1S/C15H22N2O2/c1-11-2-7-14(17-8-11)10-16-9-12-3-5-13(6-4-12)15(18)19/h2,7-8,12-13,16H,3-6,9-10H2,1H3,(H,18,19). The summed E-state index contributed by atoms with van der Waals surface area (Å²) in [4.78, 5) is 15.2. The number of nitrogens with zero attached hydrogens (tertiary/aromatic N) is 1. The fourth-order valence-corrected chi connectivity index (χ4v) is 2.62. The molecule has 0 saturated heterocycles. The van der Waals surface area contributed by atoms with Crippen molar-refractivity contribution in [3.05, 3.63) is 29.6 Å². The molecule has 4 nitrogen and oxygen atoms in total. The summed E-state index contributed by atoms with van der Waals surface area (Å²) in [5.41, 5.74) is 2.24. The highest BCUT2D eigenvalue weighted by Crippen LogP contribution is 2.28. The minimum Gasteiger partial charge on any atom is -0.481 e. The summed E-state index contributed by atoms with van der Waals surface area (Å²) in [5, 5.41) is 12.4. The maximum Gasteiger partial charge on any atom is 0.306 e. The fraction of sp³-hybridized carbons (Fsp3) is 0.600. The largest absolute Gasteiger partial charge is 0.481 e. The van der Waals surface area contributed by atoms with Crippen molar-refractivity contribution in [1.29, 1.82) is 0 Å². The van der Waals surface area contributed by atoms with Gasteiger partial charge in [0.05, 0.1) is 11.6 Å². The van der Waals surface area contributed by atoms with Gasteiger partial charge in [0, 0.05) is 12.7 Å². The maximum absolute atomic E-state index is 10.9. The van der Waals surface area contributed by atoms with Gasteiger partial charge in [0.1, 0.15) is 0 Å². The minimum atomic E-state index is -0.629. The van der Waals surface area contributed by atoms with Crippen LogP contribution in [-0.2, 0) is 11.3 Å². The lowest BCUT2D eigenvalue weighted by atomic mass is 9.82. The monoisotopic (exact) mass is 262 g/mol. The van der Waals surface area contributed by atoms with E-state index in [4.69, 9.17) is 5.11 Å². The van der Waals surface area contributed by atoms with Gasteiger partial charge in [-0.25, -0.2) is 0 Å². The summed E-state index contributed by atoms with van der Waals surface area (Å²) in [6.07, 6.45) is 5.57. The first-order valence-electron chi connectivity index (χ1n) is 7.00. The lowest BCUT2D eigenvalue weighted by molar-refractivity contribution is -0.143. The van der Waals surface area contributed by atoms with Crippen LogP contribution in [0.25, 0.3) is 0 Å². The molecule has 1 fully saturated rings. The molecule has 0 aromatic carbocycles. The zero-order chi connectivity index (χ0) is 13.7. The molecule has 1 aromatic heterocycles. The Morgan fingerprint density at radius 2 is 2.11 bits per heavy atom. The molecule has 0 radical (unpaired) electrons. The van der Waals surface area contributed by atoms with Gasteiger partial charge >= 0.3 is 5.97 Å². The smallest absolute Gasteiger partial charge is 0.306 e. The van der Waals surface area contributed by atoms with E-state index in [1.807, 2.05) is 19.2 Å². The van der Waals surface area contributed by atoms with E-state index >= 15 is 0 Å². The molecule has 1 heterocycles. The molecule has 0 spiro atoms. The Morgan fingerprint density at radius 1 is 1.37 bits per heavy atom. The molecule has 0 aliphatic heterocycles. The quantitative estimate of drug-likeness (QED) is 0.855. The topological polar surface area (TPSA) is 62.2 Å². The van der Waals surface area contributed by atoms with Crippen LogP contribution in [0.4, 0.5) is 0 Å². The van der Waals surface area contributed by atoms with Crippen molar-refractivity contribution in [3.63, 3.8) is 0 Å². The Kier molecular flexibility index (Phi) is 4.91. The van der Waals surface area contributed by atoms with Gasteiger partial charge in [-0.15, -0.1) is 0 Å². The Morgan fingerprint density at radius 3 is 2.68 bits per heavy atom. The Hall–Kier alpha value is -1.42. The molecule has 19 heavy (non-hydrogen) atoms. The van der Waals surface area contributed by atoms with Gasteiger partial charge in [0.2, 0.25) is 0 Å². The van der Waals surface area contributed by atoms with Gasteiger partial charge < -0.3 is 10.4 Å². The number of hydrogen-bond acceptors (Lipinski definition) is 3. The van der Waals surface area contributed by atoms with Crippen LogP contribution in [0.1, 0.15) is 36.9 Å².